The number of thiophene rings is 1. The third-order valence-corrected chi connectivity index (χ3v) is 4.81. The first-order valence-corrected chi connectivity index (χ1v) is 8.56. The lowest BCUT2D eigenvalue weighted by atomic mass is 10.0. The standard InChI is InChI=1S/C18H14BrNOS/c19-15-10-8-14(9-11-15)18(21)20-17(16-7-4-12-22-16)13-5-2-1-3-6-13/h1-12,17H,(H,20,21)/t17-/m0/s1. The lowest BCUT2D eigenvalue weighted by Crippen LogP contribution is -2.28. The van der Waals surface area contributed by atoms with E-state index in [1.807, 2.05) is 72.1 Å². The predicted molar refractivity (Wildman–Crippen MR) is 94.2 cm³/mol. The fourth-order valence-corrected chi connectivity index (χ4v) is 3.30. The van der Waals surface area contributed by atoms with Gasteiger partial charge in [-0.3, -0.25) is 4.79 Å². The van der Waals surface area contributed by atoms with Gasteiger partial charge in [0.15, 0.2) is 0 Å². The quantitative estimate of drug-likeness (QED) is 0.684. The van der Waals surface area contributed by atoms with Gasteiger partial charge >= 0.3 is 0 Å². The Balaban J connectivity index is 1.87. The Labute approximate surface area is 141 Å². The van der Waals surface area contributed by atoms with Crippen molar-refractivity contribution < 1.29 is 4.79 Å². The predicted octanol–water partition coefficient (Wildman–Crippen LogP) is 5.03. The van der Waals surface area contributed by atoms with E-state index in [1.165, 1.54) is 0 Å². The third kappa shape index (κ3) is 3.46. The molecule has 0 aliphatic carbocycles. The van der Waals surface area contributed by atoms with Gasteiger partial charge in [-0.25, -0.2) is 0 Å². The van der Waals surface area contributed by atoms with Gasteiger partial charge in [-0.15, -0.1) is 11.3 Å². The van der Waals surface area contributed by atoms with Gasteiger partial charge in [0.1, 0.15) is 0 Å². The summed E-state index contributed by atoms with van der Waals surface area (Å²) >= 11 is 5.03. The number of carbonyl (C=O) groups excluding carboxylic acids is 1. The zero-order valence-corrected chi connectivity index (χ0v) is 14.1. The van der Waals surface area contributed by atoms with Crippen LogP contribution in [0.25, 0.3) is 0 Å². The highest BCUT2D eigenvalue weighted by Crippen LogP contribution is 2.26. The smallest absolute Gasteiger partial charge is 0.252 e. The fraction of sp³-hybridized carbons (Fsp3) is 0.0556. The molecule has 110 valence electrons. The maximum atomic E-state index is 12.5. The Morgan fingerprint density at radius 1 is 0.955 bits per heavy atom. The number of halogens is 1. The molecule has 22 heavy (non-hydrogen) atoms. The van der Waals surface area contributed by atoms with Crippen LogP contribution in [0.4, 0.5) is 0 Å². The SMILES string of the molecule is O=C(N[C@@H](c1ccccc1)c1cccs1)c1ccc(Br)cc1. The summed E-state index contributed by atoms with van der Waals surface area (Å²) in [6.45, 7) is 0. The molecule has 0 saturated carbocycles. The Hall–Kier alpha value is -1.91. The zero-order valence-electron chi connectivity index (χ0n) is 11.7. The van der Waals surface area contributed by atoms with Crippen LogP contribution in [-0.4, -0.2) is 5.91 Å². The number of hydrogen-bond acceptors (Lipinski definition) is 2. The van der Waals surface area contributed by atoms with Crippen molar-refractivity contribution in [2.75, 3.05) is 0 Å². The monoisotopic (exact) mass is 371 g/mol. The molecular formula is C18H14BrNOS. The number of carbonyl (C=O) groups is 1. The van der Waals surface area contributed by atoms with E-state index in [2.05, 4.69) is 21.2 Å². The first kappa shape index (κ1) is 15.0. The van der Waals surface area contributed by atoms with Crippen LogP contribution < -0.4 is 5.32 Å². The van der Waals surface area contributed by atoms with Crippen molar-refractivity contribution in [3.8, 4) is 0 Å². The summed E-state index contributed by atoms with van der Waals surface area (Å²) in [4.78, 5) is 13.6. The van der Waals surface area contributed by atoms with Gasteiger partial charge in [0.25, 0.3) is 5.91 Å². The van der Waals surface area contributed by atoms with Gasteiger partial charge in [0, 0.05) is 14.9 Å². The Morgan fingerprint density at radius 3 is 2.32 bits per heavy atom. The number of benzene rings is 2. The second-order valence-electron chi connectivity index (χ2n) is 4.84. The van der Waals surface area contributed by atoms with Crippen LogP contribution >= 0.6 is 27.3 Å². The van der Waals surface area contributed by atoms with Crippen molar-refractivity contribution in [1.29, 1.82) is 0 Å². The summed E-state index contributed by atoms with van der Waals surface area (Å²) in [5.74, 6) is -0.0743. The Morgan fingerprint density at radius 2 is 1.68 bits per heavy atom. The molecule has 3 rings (SSSR count). The molecule has 0 aliphatic heterocycles. The summed E-state index contributed by atoms with van der Waals surface area (Å²) < 4.78 is 0.960. The summed E-state index contributed by atoms with van der Waals surface area (Å²) in [6, 6.07) is 21.3. The normalized spacial score (nSPS) is 11.9. The van der Waals surface area contributed by atoms with Gasteiger partial charge in [-0.05, 0) is 41.3 Å². The lowest BCUT2D eigenvalue weighted by molar-refractivity contribution is 0.0943. The van der Waals surface area contributed by atoms with E-state index in [-0.39, 0.29) is 11.9 Å². The minimum Gasteiger partial charge on any atom is -0.340 e. The number of amides is 1. The maximum absolute atomic E-state index is 12.5. The van der Waals surface area contributed by atoms with Gasteiger partial charge in [0.05, 0.1) is 6.04 Å². The highest BCUT2D eigenvalue weighted by Gasteiger charge is 2.18. The zero-order chi connectivity index (χ0) is 15.4. The first-order chi connectivity index (χ1) is 10.7. The molecule has 1 amide bonds. The molecule has 0 fully saturated rings. The largest absolute Gasteiger partial charge is 0.340 e. The summed E-state index contributed by atoms with van der Waals surface area (Å²) in [6.07, 6.45) is 0. The average molecular weight is 372 g/mol. The third-order valence-electron chi connectivity index (χ3n) is 3.34. The molecule has 0 unspecified atom stereocenters. The molecule has 0 aliphatic rings. The van der Waals surface area contributed by atoms with Crippen LogP contribution in [0.15, 0.2) is 76.6 Å². The minimum absolute atomic E-state index is 0.0743. The van der Waals surface area contributed by atoms with Crippen molar-refractivity contribution >= 4 is 33.2 Å². The molecule has 3 aromatic rings. The van der Waals surface area contributed by atoms with E-state index in [4.69, 9.17) is 0 Å². The molecule has 1 heterocycles. The van der Waals surface area contributed by atoms with Gasteiger partial charge < -0.3 is 5.32 Å². The van der Waals surface area contributed by atoms with Gasteiger partial charge in [-0.2, -0.15) is 0 Å². The molecule has 2 aromatic carbocycles. The van der Waals surface area contributed by atoms with E-state index in [0.717, 1.165) is 14.9 Å². The molecule has 0 bridgehead atoms. The van der Waals surface area contributed by atoms with Crippen LogP contribution in [0.5, 0.6) is 0 Å². The molecule has 0 saturated heterocycles. The van der Waals surface area contributed by atoms with Crippen molar-refractivity contribution in [3.63, 3.8) is 0 Å². The van der Waals surface area contributed by atoms with Gasteiger partial charge in [-0.1, -0.05) is 52.3 Å². The topological polar surface area (TPSA) is 29.1 Å². The van der Waals surface area contributed by atoms with E-state index in [9.17, 15) is 4.79 Å². The molecular weight excluding hydrogens is 358 g/mol. The van der Waals surface area contributed by atoms with Crippen molar-refractivity contribution in [3.05, 3.63) is 92.6 Å². The van der Waals surface area contributed by atoms with Crippen LogP contribution in [0, 0.1) is 0 Å². The summed E-state index contributed by atoms with van der Waals surface area (Å²) in [5, 5.41) is 5.15. The second kappa shape index (κ2) is 6.90. The highest BCUT2D eigenvalue weighted by atomic mass is 79.9. The lowest BCUT2D eigenvalue weighted by Gasteiger charge is -2.18. The second-order valence-corrected chi connectivity index (χ2v) is 6.73. The molecule has 2 nitrogen and oxygen atoms in total. The van der Waals surface area contributed by atoms with Crippen LogP contribution in [0.2, 0.25) is 0 Å². The number of rotatable bonds is 4. The van der Waals surface area contributed by atoms with Crippen molar-refractivity contribution in [1.82, 2.24) is 5.32 Å². The summed E-state index contributed by atoms with van der Waals surface area (Å²) in [7, 11) is 0. The minimum atomic E-state index is -0.127. The maximum Gasteiger partial charge on any atom is 0.252 e. The van der Waals surface area contributed by atoms with Crippen molar-refractivity contribution in [2.45, 2.75) is 6.04 Å². The number of hydrogen-bond donors (Lipinski definition) is 1. The van der Waals surface area contributed by atoms with E-state index in [0.29, 0.717) is 5.56 Å². The molecule has 0 radical (unpaired) electrons. The molecule has 1 aromatic heterocycles. The number of nitrogens with one attached hydrogen (secondary N) is 1. The van der Waals surface area contributed by atoms with Crippen LogP contribution in [0.1, 0.15) is 26.8 Å². The molecule has 1 atom stereocenters. The molecule has 1 N–H and O–H groups in total. The Bertz CT molecular complexity index is 739. The summed E-state index contributed by atoms with van der Waals surface area (Å²) in [5.41, 5.74) is 1.73. The molecule has 4 heteroatoms. The van der Waals surface area contributed by atoms with Crippen molar-refractivity contribution in [2.24, 2.45) is 0 Å². The van der Waals surface area contributed by atoms with Crippen LogP contribution in [-0.2, 0) is 0 Å². The van der Waals surface area contributed by atoms with E-state index in [1.54, 1.807) is 11.3 Å². The fourth-order valence-electron chi connectivity index (χ4n) is 2.24. The van der Waals surface area contributed by atoms with Gasteiger partial charge in [0.2, 0.25) is 0 Å². The van der Waals surface area contributed by atoms with Crippen LogP contribution in [0.3, 0.4) is 0 Å². The first-order valence-electron chi connectivity index (χ1n) is 6.89. The average Bonchev–Trinajstić information content (AvgIpc) is 3.08. The molecule has 0 spiro atoms. The Kier molecular flexibility index (Phi) is 4.71. The van der Waals surface area contributed by atoms with E-state index < -0.39 is 0 Å². The highest BCUT2D eigenvalue weighted by molar-refractivity contribution is 9.10. The van der Waals surface area contributed by atoms with E-state index >= 15 is 0 Å².